The highest BCUT2D eigenvalue weighted by Crippen LogP contribution is 2.48. The highest BCUT2D eigenvalue weighted by Gasteiger charge is 2.43. The van der Waals surface area contributed by atoms with E-state index in [2.05, 4.69) is 280 Å². The molecule has 0 fully saturated rings. The lowest BCUT2D eigenvalue weighted by molar-refractivity contribution is 1.24. The number of hydrogen-bond acceptors (Lipinski definition) is 4. The maximum Gasteiger partial charge on any atom is 0.252 e. The van der Waals surface area contributed by atoms with Crippen molar-refractivity contribution >= 4 is 91.3 Å². The zero-order valence-electron chi connectivity index (χ0n) is 35.7. The number of anilines is 12. The molecule has 65 heavy (non-hydrogen) atoms. The first-order chi connectivity index (χ1) is 32.3. The van der Waals surface area contributed by atoms with Crippen molar-refractivity contribution in [3.63, 3.8) is 0 Å². The third-order valence-corrected chi connectivity index (χ3v) is 12.8. The van der Waals surface area contributed by atoms with E-state index in [1.54, 1.807) is 0 Å². The average Bonchev–Trinajstić information content (AvgIpc) is 3.38. The van der Waals surface area contributed by atoms with Crippen LogP contribution >= 0.6 is 0 Å². The van der Waals surface area contributed by atoms with Gasteiger partial charge in [0.15, 0.2) is 0 Å². The molecule has 0 N–H and O–H groups in total. The van der Waals surface area contributed by atoms with Crippen molar-refractivity contribution in [2.75, 3.05) is 19.6 Å². The summed E-state index contributed by atoms with van der Waals surface area (Å²) in [5.41, 5.74) is 19.7. The van der Waals surface area contributed by atoms with Crippen LogP contribution in [-0.4, -0.2) is 6.71 Å². The Labute approximate surface area is 381 Å². The summed E-state index contributed by atoms with van der Waals surface area (Å²) >= 11 is 0. The van der Waals surface area contributed by atoms with E-state index in [0.717, 1.165) is 62.3 Å². The van der Waals surface area contributed by atoms with Gasteiger partial charge in [-0.15, -0.1) is 0 Å². The predicted octanol–water partition coefficient (Wildman–Crippen LogP) is 14.4. The van der Waals surface area contributed by atoms with Crippen LogP contribution in [0.1, 0.15) is 0 Å². The van der Waals surface area contributed by atoms with Crippen LogP contribution in [0.25, 0.3) is 11.1 Å². The minimum absolute atomic E-state index is 0.0104. The summed E-state index contributed by atoms with van der Waals surface area (Å²) in [5, 5.41) is 0. The van der Waals surface area contributed by atoms with Crippen LogP contribution in [0, 0.1) is 0 Å². The molecule has 10 aromatic carbocycles. The average molecular weight is 831 g/mol. The number of rotatable bonds is 9. The first-order valence-electron chi connectivity index (χ1n) is 22.3. The zero-order chi connectivity index (χ0) is 43.1. The predicted molar refractivity (Wildman–Crippen MR) is 275 cm³/mol. The van der Waals surface area contributed by atoms with Gasteiger partial charge in [0.1, 0.15) is 0 Å². The summed E-state index contributed by atoms with van der Waals surface area (Å²) in [6, 6.07) is 94.3. The van der Waals surface area contributed by atoms with E-state index < -0.39 is 0 Å². The Hall–Kier alpha value is -8.54. The molecule has 0 amide bonds. The number of para-hydroxylation sites is 7. The van der Waals surface area contributed by atoms with Crippen molar-refractivity contribution in [3.05, 3.63) is 261 Å². The summed E-state index contributed by atoms with van der Waals surface area (Å²) in [6.07, 6.45) is 0. The first-order valence-corrected chi connectivity index (χ1v) is 22.3. The highest BCUT2D eigenvalue weighted by molar-refractivity contribution is 7.00. The number of benzene rings is 10. The summed E-state index contributed by atoms with van der Waals surface area (Å²) in [5.74, 6) is 0. The van der Waals surface area contributed by atoms with Gasteiger partial charge in [0.05, 0.1) is 0 Å². The van der Waals surface area contributed by atoms with Gasteiger partial charge < -0.3 is 19.6 Å². The van der Waals surface area contributed by atoms with Gasteiger partial charge in [-0.3, -0.25) is 0 Å². The van der Waals surface area contributed by atoms with E-state index in [1.165, 1.54) is 33.5 Å². The molecule has 0 aliphatic carbocycles. The Kier molecular flexibility index (Phi) is 9.57. The maximum absolute atomic E-state index is 2.50. The molecule has 0 spiro atoms. The van der Waals surface area contributed by atoms with Gasteiger partial charge in [-0.2, -0.15) is 0 Å². The molecule has 0 aromatic heterocycles. The van der Waals surface area contributed by atoms with Gasteiger partial charge in [-0.1, -0.05) is 146 Å². The van der Waals surface area contributed by atoms with E-state index in [9.17, 15) is 0 Å². The lowest BCUT2D eigenvalue weighted by atomic mass is 9.33. The van der Waals surface area contributed by atoms with Crippen molar-refractivity contribution in [3.8, 4) is 11.1 Å². The smallest absolute Gasteiger partial charge is 0.252 e. The Balaban J connectivity index is 1.09. The van der Waals surface area contributed by atoms with E-state index in [1.807, 2.05) is 0 Å². The quantitative estimate of drug-likeness (QED) is 0.134. The molecular formula is C60H43BN4. The number of hydrogen-bond donors (Lipinski definition) is 0. The van der Waals surface area contributed by atoms with Crippen LogP contribution in [0.4, 0.5) is 68.2 Å². The molecule has 306 valence electrons. The Morgan fingerprint density at radius 1 is 0.262 bits per heavy atom. The monoisotopic (exact) mass is 830 g/mol. The van der Waals surface area contributed by atoms with E-state index in [0.29, 0.717) is 0 Å². The van der Waals surface area contributed by atoms with Gasteiger partial charge in [0, 0.05) is 68.2 Å². The van der Waals surface area contributed by atoms with Crippen LogP contribution in [0.3, 0.4) is 0 Å². The zero-order valence-corrected chi connectivity index (χ0v) is 35.7. The second-order valence-corrected chi connectivity index (χ2v) is 16.6. The Morgan fingerprint density at radius 3 is 1.12 bits per heavy atom. The van der Waals surface area contributed by atoms with Gasteiger partial charge in [-0.25, -0.2) is 0 Å². The Bertz CT molecular complexity index is 3180. The molecule has 0 radical (unpaired) electrons. The molecule has 0 unspecified atom stereocenters. The molecule has 12 rings (SSSR count). The van der Waals surface area contributed by atoms with Crippen molar-refractivity contribution in [2.24, 2.45) is 0 Å². The second kappa shape index (κ2) is 16.3. The van der Waals surface area contributed by atoms with Crippen LogP contribution < -0.4 is 36.0 Å². The third kappa shape index (κ3) is 6.73. The second-order valence-electron chi connectivity index (χ2n) is 16.6. The minimum Gasteiger partial charge on any atom is -0.311 e. The molecule has 0 saturated heterocycles. The number of fused-ring (bicyclic) bond motifs is 4. The molecular weight excluding hydrogens is 787 g/mol. The van der Waals surface area contributed by atoms with E-state index in [4.69, 9.17) is 0 Å². The van der Waals surface area contributed by atoms with Crippen LogP contribution in [0.15, 0.2) is 261 Å². The van der Waals surface area contributed by atoms with Crippen molar-refractivity contribution in [1.29, 1.82) is 0 Å². The van der Waals surface area contributed by atoms with Crippen molar-refractivity contribution < 1.29 is 0 Å². The van der Waals surface area contributed by atoms with Crippen LogP contribution in [0.5, 0.6) is 0 Å². The SMILES string of the molecule is c1ccc(N(c2ccccc2)c2ccc(-c3cc4c5c(c3)N(c3ccccc3)c3cc(N(c6ccccc6)c6ccccc6)ccc3B5c3ccccc3N4c3ccccc3)cc2)cc1. The Morgan fingerprint density at radius 2 is 0.631 bits per heavy atom. The molecule has 10 aromatic rings. The molecule has 2 aliphatic heterocycles. The van der Waals surface area contributed by atoms with Crippen LogP contribution in [-0.2, 0) is 0 Å². The summed E-state index contributed by atoms with van der Waals surface area (Å²) < 4.78 is 0. The third-order valence-electron chi connectivity index (χ3n) is 12.8. The van der Waals surface area contributed by atoms with Gasteiger partial charge >= 0.3 is 0 Å². The maximum atomic E-state index is 2.50. The molecule has 0 saturated carbocycles. The van der Waals surface area contributed by atoms with Crippen LogP contribution in [0.2, 0.25) is 0 Å². The standard InChI is InChI=1S/C60H43BN4/c1-7-21-46(22-8-1)62(47-23-9-2-10-24-47)52-37-35-44(36-38-52)45-41-58-60-59(42-45)65(51-31-17-6-18-32-51)57-43-53(63(48-25-11-3-12-26-48)49-27-13-4-14-28-49)39-40-55(57)61(60)54-33-19-20-34-56(54)64(58)50-29-15-5-16-30-50/h1-43H. The fourth-order valence-corrected chi connectivity index (χ4v) is 9.95. The lowest BCUT2D eigenvalue weighted by Crippen LogP contribution is -2.61. The van der Waals surface area contributed by atoms with Gasteiger partial charge in [0.25, 0.3) is 6.71 Å². The number of nitrogens with zero attached hydrogens (tertiary/aromatic N) is 4. The summed E-state index contributed by atoms with van der Waals surface area (Å²) in [7, 11) is 0. The van der Waals surface area contributed by atoms with E-state index in [-0.39, 0.29) is 6.71 Å². The van der Waals surface area contributed by atoms with Crippen molar-refractivity contribution in [1.82, 2.24) is 0 Å². The molecule has 2 heterocycles. The molecule has 2 aliphatic rings. The molecule has 4 nitrogen and oxygen atoms in total. The summed E-state index contributed by atoms with van der Waals surface area (Å²) in [4.78, 5) is 9.66. The fraction of sp³-hybridized carbons (Fsp3) is 0. The minimum atomic E-state index is -0.0104. The normalized spacial score (nSPS) is 12.2. The molecule has 5 heteroatoms. The van der Waals surface area contributed by atoms with Gasteiger partial charge in [-0.05, 0) is 143 Å². The molecule has 0 atom stereocenters. The van der Waals surface area contributed by atoms with Gasteiger partial charge in [0.2, 0.25) is 0 Å². The van der Waals surface area contributed by atoms with Crippen molar-refractivity contribution in [2.45, 2.75) is 0 Å². The molecule has 0 bridgehead atoms. The fourth-order valence-electron chi connectivity index (χ4n) is 9.95. The summed E-state index contributed by atoms with van der Waals surface area (Å²) in [6.45, 7) is -0.0104. The first kappa shape index (κ1) is 38.2. The van der Waals surface area contributed by atoms with E-state index >= 15 is 0 Å². The lowest BCUT2D eigenvalue weighted by Gasteiger charge is -2.44. The highest BCUT2D eigenvalue weighted by atomic mass is 15.2. The largest absolute Gasteiger partial charge is 0.311 e. The topological polar surface area (TPSA) is 13.0 Å².